The van der Waals surface area contributed by atoms with Gasteiger partial charge < -0.3 is 10.4 Å². The van der Waals surface area contributed by atoms with E-state index in [1.54, 1.807) is 0 Å². The predicted octanol–water partition coefficient (Wildman–Crippen LogP) is 3.39. The second kappa shape index (κ2) is 7.20. The van der Waals surface area contributed by atoms with Crippen LogP contribution in [0, 0.1) is 0 Å². The Morgan fingerprint density at radius 1 is 1.50 bits per heavy atom. The van der Waals surface area contributed by atoms with Crippen molar-refractivity contribution in [3.8, 4) is 5.75 Å². The largest absolute Gasteiger partial charge is 0.506 e. The zero-order valence-electron chi connectivity index (χ0n) is 9.66. The van der Waals surface area contributed by atoms with Crippen molar-refractivity contribution in [1.82, 2.24) is 5.32 Å². The lowest BCUT2D eigenvalue weighted by Crippen LogP contribution is -2.17. The van der Waals surface area contributed by atoms with Gasteiger partial charge in [0, 0.05) is 17.4 Å². The number of para-hydroxylation sites is 1. The molecule has 0 radical (unpaired) electrons. The van der Waals surface area contributed by atoms with Crippen LogP contribution in [0.5, 0.6) is 5.75 Å². The lowest BCUT2D eigenvalue weighted by Gasteiger charge is -2.10. The Kier molecular flexibility index (Phi) is 6.24. The van der Waals surface area contributed by atoms with Crippen LogP contribution >= 0.6 is 27.7 Å². The fourth-order valence-corrected chi connectivity index (χ4v) is 2.11. The molecule has 90 valence electrons. The molecule has 0 fully saturated rings. The molecule has 0 spiro atoms. The zero-order chi connectivity index (χ0) is 12.0. The first-order valence-corrected chi connectivity index (χ1v) is 7.43. The molecule has 0 saturated heterocycles. The van der Waals surface area contributed by atoms with Crippen molar-refractivity contribution in [1.29, 1.82) is 0 Å². The highest BCUT2D eigenvalue weighted by Gasteiger charge is 2.04. The minimum Gasteiger partial charge on any atom is -0.506 e. The first kappa shape index (κ1) is 13.9. The predicted molar refractivity (Wildman–Crippen MR) is 75.1 cm³/mol. The van der Waals surface area contributed by atoms with Gasteiger partial charge in [-0.3, -0.25) is 0 Å². The molecule has 2 nitrogen and oxygen atoms in total. The number of aromatic hydroxyl groups is 1. The van der Waals surface area contributed by atoms with Gasteiger partial charge in [-0.25, -0.2) is 0 Å². The van der Waals surface area contributed by atoms with Gasteiger partial charge in [0.15, 0.2) is 0 Å². The summed E-state index contributed by atoms with van der Waals surface area (Å²) in [4.78, 5) is 0. The summed E-state index contributed by atoms with van der Waals surface area (Å²) >= 11 is 5.19. The third-order valence-corrected chi connectivity index (χ3v) is 4.20. The highest BCUT2D eigenvalue weighted by molar-refractivity contribution is 9.10. The summed E-state index contributed by atoms with van der Waals surface area (Å²) in [5.41, 5.74) is 0.936. The van der Waals surface area contributed by atoms with Crippen molar-refractivity contribution in [3.63, 3.8) is 0 Å². The van der Waals surface area contributed by atoms with E-state index in [9.17, 15) is 5.11 Å². The second-order valence-corrected chi connectivity index (χ2v) is 5.89. The maximum absolute atomic E-state index is 9.76. The standard InChI is InChI=1S/C12H18BrNOS/c1-9(16-2)6-7-14-8-10-4-3-5-11(13)12(10)15/h3-5,9,14-15H,6-8H2,1-2H3. The normalized spacial score (nSPS) is 12.7. The highest BCUT2D eigenvalue weighted by Crippen LogP contribution is 2.27. The molecule has 0 bridgehead atoms. The van der Waals surface area contributed by atoms with E-state index in [-0.39, 0.29) is 0 Å². The van der Waals surface area contributed by atoms with Crippen LogP contribution in [-0.2, 0) is 6.54 Å². The molecule has 0 heterocycles. The quantitative estimate of drug-likeness (QED) is 0.790. The monoisotopic (exact) mass is 303 g/mol. The molecule has 1 atom stereocenters. The van der Waals surface area contributed by atoms with Crippen LogP contribution in [-0.4, -0.2) is 23.2 Å². The van der Waals surface area contributed by atoms with Gasteiger partial charge >= 0.3 is 0 Å². The van der Waals surface area contributed by atoms with Crippen LogP contribution in [0.1, 0.15) is 18.9 Å². The van der Waals surface area contributed by atoms with E-state index in [0.717, 1.165) is 23.0 Å². The summed E-state index contributed by atoms with van der Waals surface area (Å²) in [6, 6.07) is 5.71. The smallest absolute Gasteiger partial charge is 0.134 e. The van der Waals surface area contributed by atoms with E-state index in [2.05, 4.69) is 34.4 Å². The van der Waals surface area contributed by atoms with Crippen LogP contribution in [0.4, 0.5) is 0 Å². The van der Waals surface area contributed by atoms with Crippen molar-refractivity contribution < 1.29 is 5.11 Å². The Bertz CT molecular complexity index is 333. The molecule has 16 heavy (non-hydrogen) atoms. The molecule has 0 saturated carbocycles. The van der Waals surface area contributed by atoms with Crippen molar-refractivity contribution in [2.45, 2.75) is 25.1 Å². The zero-order valence-corrected chi connectivity index (χ0v) is 12.1. The SMILES string of the molecule is CSC(C)CCNCc1cccc(Br)c1O. The van der Waals surface area contributed by atoms with Gasteiger partial charge in [0.05, 0.1) is 4.47 Å². The maximum atomic E-state index is 9.76. The molecule has 0 aliphatic rings. The van der Waals surface area contributed by atoms with Gasteiger partial charge in [0.25, 0.3) is 0 Å². The van der Waals surface area contributed by atoms with Gasteiger partial charge in [-0.05, 0) is 41.2 Å². The van der Waals surface area contributed by atoms with E-state index in [1.807, 2.05) is 30.0 Å². The molecule has 1 unspecified atom stereocenters. The van der Waals surface area contributed by atoms with Gasteiger partial charge in [-0.1, -0.05) is 19.1 Å². The molecule has 1 aromatic rings. The number of rotatable bonds is 6. The first-order valence-electron chi connectivity index (χ1n) is 5.35. The van der Waals surface area contributed by atoms with Gasteiger partial charge in [-0.15, -0.1) is 0 Å². The van der Waals surface area contributed by atoms with Gasteiger partial charge in [-0.2, -0.15) is 11.8 Å². The lowest BCUT2D eigenvalue weighted by molar-refractivity contribution is 0.461. The second-order valence-electron chi connectivity index (χ2n) is 3.76. The van der Waals surface area contributed by atoms with E-state index in [0.29, 0.717) is 17.5 Å². The summed E-state index contributed by atoms with van der Waals surface area (Å²) < 4.78 is 0.754. The molecule has 2 N–H and O–H groups in total. The Balaban J connectivity index is 2.35. The molecule has 4 heteroatoms. The van der Waals surface area contributed by atoms with Crippen molar-refractivity contribution in [2.24, 2.45) is 0 Å². The molecular weight excluding hydrogens is 286 g/mol. The number of phenolic OH excluding ortho intramolecular Hbond substituents is 1. The minimum atomic E-state index is 0.341. The number of benzene rings is 1. The number of hydrogen-bond donors (Lipinski definition) is 2. The fraction of sp³-hybridized carbons (Fsp3) is 0.500. The summed E-state index contributed by atoms with van der Waals surface area (Å²) in [7, 11) is 0. The van der Waals surface area contributed by atoms with E-state index in [4.69, 9.17) is 0 Å². The number of thioether (sulfide) groups is 1. The van der Waals surface area contributed by atoms with Crippen molar-refractivity contribution in [2.75, 3.05) is 12.8 Å². The Hall–Kier alpha value is -0.190. The van der Waals surface area contributed by atoms with Crippen molar-refractivity contribution >= 4 is 27.7 Å². The average molecular weight is 304 g/mol. The van der Waals surface area contributed by atoms with E-state index < -0.39 is 0 Å². The Labute approximate surface area is 110 Å². The molecule has 0 aliphatic heterocycles. The maximum Gasteiger partial charge on any atom is 0.134 e. The molecule has 0 aliphatic carbocycles. The first-order chi connectivity index (χ1) is 7.65. The lowest BCUT2D eigenvalue weighted by atomic mass is 10.2. The van der Waals surface area contributed by atoms with Crippen LogP contribution in [0.2, 0.25) is 0 Å². The fourth-order valence-electron chi connectivity index (χ4n) is 1.35. The summed E-state index contributed by atoms with van der Waals surface area (Å²) in [6.45, 7) is 3.92. The third-order valence-electron chi connectivity index (χ3n) is 2.52. The molecular formula is C12H18BrNOS. The van der Waals surface area contributed by atoms with Crippen LogP contribution in [0.25, 0.3) is 0 Å². The third kappa shape index (κ3) is 4.36. The number of halogens is 1. The van der Waals surface area contributed by atoms with E-state index >= 15 is 0 Å². The minimum absolute atomic E-state index is 0.341. The van der Waals surface area contributed by atoms with Crippen LogP contribution in [0.15, 0.2) is 22.7 Å². The van der Waals surface area contributed by atoms with Gasteiger partial charge in [0.1, 0.15) is 5.75 Å². The van der Waals surface area contributed by atoms with Crippen LogP contribution < -0.4 is 5.32 Å². The van der Waals surface area contributed by atoms with Crippen molar-refractivity contribution in [3.05, 3.63) is 28.2 Å². The Morgan fingerprint density at radius 2 is 2.25 bits per heavy atom. The molecule has 0 aromatic heterocycles. The number of hydrogen-bond acceptors (Lipinski definition) is 3. The number of nitrogens with one attached hydrogen (secondary N) is 1. The average Bonchev–Trinajstić information content (AvgIpc) is 2.29. The number of phenols is 1. The van der Waals surface area contributed by atoms with Crippen LogP contribution in [0.3, 0.4) is 0 Å². The molecule has 1 rings (SSSR count). The topological polar surface area (TPSA) is 32.3 Å². The summed E-state index contributed by atoms with van der Waals surface area (Å²) in [5, 5.41) is 13.8. The van der Waals surface area contributed by atoms with Gasteiger partial charge in [0.2, 0.25) is 0 Å². The summed E-state index contributed by atoms with van der Waals surface area (Å²) in [5.74, 6) is 0.341. The molecule has 0 amide bonds. The summed E-state index contributed by atoms with van der Waals surface area (Å²) in [6.07, 6.45) is 3.28. The highest BCUT2D eigenvalue weighted by atomic mass is 79.9. The Morgan fingerprint density at radius 3 is 2.94 bits per heavy atom. The van der Waals surface area contributed by atoms with E-state index in [1.165, 1.54) is 0 Å². The molecule has 1 aromatic carbocycles.